The van der Waals surface area contributed by atoms with E-state index in [0.29, 0.717) is 36.6 Å². The number of carbonyl (C=O) groups is 1. The molecule has 1 saturated heterocycles. The van der Waals surface area contributed by atoms with Gasteiger partial charge in [-0.05, 0) is 37.5 Å². The van der Waals surface area contributed by atoms with Crippen LogP contribution in [0.15, 0.2) is 18.2 Å². The maximum Gasteiger partial charge on any atom is 0.251 e. The quantitative estimate of drug-likeness (QED) is 0.850. The van der Waals surface area contributed by atoms with Gasteiger partial charge in [-0.3, -0.25) is 4.79 Å². The second kappa shape index (κ2) is 7.00. The van der Waals surface area contributed by atoms with Gasteiger partial charge in [-0.2, -0.15) is 0 Å². The van der Waals surface area contributed by atoms with Crippen molar-refractivity contribution in [1.29, 1.82) is 0 Å². The number of carbonyl (C=O) groups excluding carboxylic acids is 1. The first-order valence-corrected chi connectivity index (χ1v) is 9.06. The molecule has 0 aromatic heterocycles. The van der Waals surface area contributed by atoms with Crippen LogP contribution in [-0.4, -0.2) is 46.1 Å². The topological polar surface area (TPSA) is 81.7 Å². The lowest BCUT2D eigenvalue weighted by molar-refractivity contribution is 0.0948. The summed E-state index contributed by atoms with van der Waals surface area (Å²) in [5.74, 6) is 1.20. The van der Waals surface area contributed by atoms with Gasteiger partial charge in [0.05, 0.1) is 25.2 Å². The van der Waals surface area contributed by atoms with Crippen molar-refractivity contribution >= 4 is 15.7 Å². The van der Waals surface area contributed by atoms with Crippen LogP contribution in [0.2, 0.25) is 0 Å². The minimum atomic E-state index is -2.92. The molecule has 0 spiro atoms. The van der Waals surface area contributed by atoms with Gasteiger partial charge in [0, 0.05) is 12.1 Å². The van der Waals surface area contributed by atoms with Gasteiger partial charge in [0.2, 0.25) is 0 Å². The van der Waals surface area contributed by atoms with E-state index < -0.39 is 9.84 Å². The first-order valence-electron chi connectivity index (χ1n) is 7.24. The van der Waals surface area contributed by atoms with Crippen molar-refractivity contribution in [3.8, 4) is 11.5 Å². The molecular formula is C15H21NO5S. The molecule has 1 aromatic carbocycles. The number of rotatable bonds is 6. The van der Waals surface area contributed by atoms with E-state index in [-0.39, 0.29) is 23.3 Å². The van der Waals surface area contributed by atoms with Crippen LogP contribution in [0.25, 0.3) is 0 Å². The van der Waals surface area contributed by atoms with Gasteiger partial charge in [0.15, 0.2) is 21.3 Å². The minimum absolute atomic E-state index is 0.00135. The predicted octanol–water partition coefficient (Wildman–Crippen LogP) is 1.26. The molecule has 0 bridgehead atoms. The highest BCUT2D eigenvalue weighted by atomic mass is 32.2. The third-order valence-corrected chi connectivity index (χ3v) is 5.44. The van der Waals surface area contributed by atoms with Crippen molar-refractivity contribution in [3.63, 3.8) is 0 Å². The van der Waals surface area contributed by atoms with Crippen LogP contribution in [0.3, 0.4) is 0 Å². The fourth-order valence-electron chi connectivity index (χ4n) is 2.46. The SMILES string of the molecule is CCOc1ccc(C(=O)NC[C@@H]2CCS(=O)(=O)C2)cc1OC. The Balaban J connectivity index is 1.98. The number of amides is 1. The molecule has 1 N–H and O–H groups in total. The summed E-state index contributed by atoms with van der Waals surface area (Å²) in [7, 11) is -1.40. The van der Waals surface area contributed by atoms with E-state index in [9.17, 15) is 13.2 Å². The largest absolute Gasteiger partial charge is 0.493 e. The van der Waals surface area contributed by atoms with E-state index in [4.69, 9.17) is 9.47 Å². The Bertz CT molecular complexity index is 641. The third kappa shape index (κ3) is 4.13. The van der Waals surface area contributed by atoms with Gasteiger partial charge in [0.25, 0.3) is 5.91 Å². The first kappa shape index (κ1) is 16.6. The number of hydrogen-bond acceptors (Lipinski definition) is 5. The molecule has 122 valence electrons. The lowest BCUT2D eigenvalue weighted by Crippen LogP contribution is -2.29. The Morgan fingerprint density at radius 2 is 2.14 bits per heavy atom. The summed E-state index contributed by atoms with van der Waals surface area (Å²) < 4.78 is 33.4. The van der Waals surface area contributed by atoms with E-state index in [1.165, 1.54) is 7.11 Å². The molecule has 1 aliphatic heterocycles. The Morgan fingerprint density at radius 1 is 1.36 bits per heavy atom. The molecule has 7 heteroatoms. The summed E-state index contributed by atoms with van der Waals surface area (Å²) in [5, 5.41) is 2.78. The summed E-state index contributed by atoms with van der Waals surface area (Å²) >= 11 is 0. The van der Waals surface area contributed by atoms with Crippen LogP contribution < -0.4 is 14.8 Å². The zero-order valence-corrected chi connectivity index (χ0v) is 13.6. The van der Waals surface area contributed by atoms with E-state index >= 15 is 0 Å². The zero-order chi connectivity index (χ0) is 16.2. The second-order valence-electron chi connectivity index (χ2n) is 5.28. The normalized spacial score (nSPS) is 19.6. The molecule has 1 aromatic rings. The fourth-order valence-corrected chi connectivity index (χ4v) is 4.32. The van der Waals surface area contributed by atoms with Crippen molar-refractivity contribution in [2.75, 3.05) is 31.8 Å². The third-order valence-electron chi connectivity index (χ3n) is 3.60. The number of ether oxygens (including phenoxy) is 2. The number of methoxy groups -OCH3 is 1. The summed E-state index contributed by atoms with van der Waals surface area (Å²) in [6.07, 6.45) is 0.606. The average molecular weight is 327 g/mol. The Hall–Kier alpha value is -1.76. The van der Waals surface area contributed by atoms with Crippen LogP contribution in [0.1, 0.15) is 23.7 Å². The van der Waals surface area contributed by atoms with Gasteiger partial charge in [0.1, 0.15) is 0 Å². The number of benzene rings is 1. The van der Waals surface area contributed by atoms with Crippen molar-refractivity contribution in [3.05, 3.63) is 23.8 Å². The highest BCUT2D eigenvalue weighted by molar-refractivity contribution is 7.91. The molecular weight excluding hydrogens is 306 g/mol. The van der Waals surface area contributed by atoms with E-state index in [0.717, 1.165) is 0 Å². The summed E-state index contributed by atoms with van der Waals surface area (Å²) in [6.45, 7) is 2.75. The van der Waals surface area contributed by atoms with Gasteiger partial charge in [-0.1, -0.05) is 0 Å². The van der Waals surface area contributed by atoms with Crippen molar-refractivity contribution in [2.24, 2.45) is 5.92 Å². The van der Waals surface area contributed by atoms with E-state index in [2.05, 4.69) is 5.32 Å². The molecule has 1 heterocycles. The molecule has 1 atom stereocenters. The fraction of sp³-hybridized carbons (Fsp3) is 0.533. The maximum absolute atomic E-state index is 12.1. The van der Waals surface area contributed by atoms with E-state index in [1.54, 1.807) is 18.2 Å². The molecule has 0 aliphatic carbocycles. The first-order chi connectivity index (χ1) is 10.4. The second-order valence-corrected chi connectivity index (χ2v) is 7.51. The minimum Gasteiger partial charge on any atom is -0.493 e. The lowest BCUT2D eigenvalue weighted by Gasteiger charge is -2.12. The highest BCUT2D eigenvalue weighted by Gasteiger charge is 2.28. The standard InChI is InChI=1S/C15H21NO5S/c1-3-21-13-5-4-12(8-14(13)20-2)15(17)16-9-11-6-7-22(18,19)10-11/h4-5,8,11H,3,6-7,9-10H2,1-2H3,(H,16,17)/t11-/m0/s1. The number of sulfone groups is 1. The molecule has 0 radical (unpaired) electrons. The van der Waals surface area contributed by atoms with Crippen molar-refractivity contribution in [1.82, 2.24) is 5.32 Å². The van der Waals surface area contributed by atoms with Gasteiger partial charge >= 0.3 is 0 Å². The smallest absolute Gasteiger partial charge is 0.251 e. The van der Waals surface area contributed by atoms with Crippen molar-refractivity contribution in [2.45, 2.75) is 13.3 Å². The molecule has 6 nitrogen and oxygen atoms in total. The van der Waals surface area contributed by atoms with Gasteiger partial charge in [-0.15, -0.1) is 0 Å². The number of hydrogen-bond donors (Lipinski definition) is 1. The summed E-state index contributed by atoms with van der Waals surface area (Å²) in [4.78, 5) is 12.1. The highest BCUT2D eigenvalue weighted by Crippen LogP contribution is 2.28. The maximum atomic E-state index is 12.1. The molecule has 22 heavy (non-hydrogen) atoms. The van der Waals surface area contributed by atoms with Crippen LogP contribution in [0, 0.1) is 5.92 Å². The molecule has 0 unspecified atom stereocenters. The zero-order valence-electron chi connectivity index (χ0n) is 12.8. The lowest BCUT2D eigenvalue weighted by atomic mass is 10.1. The summed E-state index contributed by atoms with van der Waals surface area (Å²) in [5.41, 5.74) is 0.459. The van der Waals surface area contributed by atoms with Crippen LogP contribution in [-0.2, 0) is 9.84 Å². The predicted molar refractivity (Wildman–Crippen MR) is 83.3 cm³/mol. The molecule has 1 aliphatic rings. The van der Waals surface area contributed by atoms with Crippen LogP contribution in [0.4, 0.5) is 0 Å². The Kier molecular flexibility index (Phi) is 5.28. The van der Waals surface area contributed by atoms with Crippen molar-refractivity contribution < 1.29 is 22.7 Å². The summed E-state index contributed by atoms with van der Waals surface area (Å²) in [6, 6.07) is 4.97. The molecule has 1 amide bonds. The van der Waals surface area contributed by atoms with E-state index in [1.807, 2.05) is 6.92 Å². The monoisotopic (exact) mass is 327 g/mol. The Morgan fingerprint density at radius 3 is 2.73 bits per heavy atom. The molecule has 2 rings (SSSR count). The van der Waals surface area contributed by atoms with Crippen LogP contribution >= 0.6 is 0 Å². The molecule has 1 fully saturated rings. The van der Waals surface area contributed by atoms with Gasteiger partial charge < -0.3 is 14.8 Å². The van der Waals surface area contributed by atoms with Gasteiger partial charge in [-0.25, -0.2) is 8.42 Å². The van der Waals surface area contributed by atoms with Crippen LogP contribution in [0.5, 0.6) is 11.5 Å². The average Bonchev–Trinajstić information content (AvgIpc) is 2.84. The Labute approximate surface area is 130 Å². The number of nitrogens with one attached hydrogen (secondary N) is 1. The molecule has 0 saturated carbocycles.